The number of hydrogen-bond donors (Lipinski definition) is 0. The van der Waals surface area contributed by atoms with Gasteiger partial charge in [0.05, 0.1) is 4.92 Å². The fourth-order valence-electron chi connectivity index (χ4n) is 2.47. The Hall–Kier alpha value is -2.84. The lowest BCUT2D eigenvalue weighted by molar-refractivity contribution is -0.386. The minimum atomic E-state index is -1.06. The maximum atomic E-state index is 13.4. The van der Waals surface area contributed by atoms with Crippen LogP contribution < -0.4 is 4.90 Å². The minimum Gasteiger partial charge on any atom is -0.311 e. The van der Waals surface area contributed by atoms with Crippen LogP contribution in [0.4, 0.5) is 20.2 Å². The third-order valence-corrected chi connectivity index (χ3v) is 3.64. The molecule has 0 aliphatic carbocycles. The summed E-state index contributed by atoms with van der Waals surface area (Å²) in [4.78, 5) is 24.2. The van der Waals surface area contributed by atoms with Crippen LogP contribution in [0.15, 0.2) is 18.2 Å². The number of aryl methyl sites for hydroxylation is 1. The third-order valence-electron chi connectivity index (χ3n) is 3.64. The molecule has 2 rings (SSSR count). The Morgan fingerprint density at radius 2 is 2.00 bits per heavy atom. The van der Waals surface area contributed by atoms with Crippen molar-refractivity contribution >= 4 is 17.3 Å². The molecule has 0 bridgehead atoms. The Balaban J connectivity index is 2.29. The van der Waals surface area contributed by atoms with E-state index >= 15 is 0 Å². The number of carbonyl (C=O) groups is 1. The average molecular weight is 338 g/mol. The zero-order chi connectivity index (χ0) is 18.0. The number of anilines is 1. The first-order chi connectivity index (χ1) is 11.3. The molecular weight excluding hydrogens is 322 g/mol. The zero-order valence-electron chi connectivity index (χ0n) is 13.4. The van der Waals surface area contributed by atoms with Gasteiger partial charge >= 0.3 is 5.69 Å². The van der Waals surface area contributed by atoms with E-state index in [0.717, 1.165) is 12.1 Å². The van der Waals surface area contributed by atoms with Crippen LogP contribution >= 0.6 is 0 Å². The van der Waals surface area contributed by atoms with Crippen molar-refractivity contribution in [3.05, 3.63) is 51.3 Å². The molecule has 0 saturated carbocycles. The maximum Gasteiger partial charge on any atom is 0.312 e. The van der Waals surface area contributed by atoms with Crippen molar-refractivity contribution in [2.75, 3.05) is 11.4 Å². The number of aromatic nitrogens is 2. The predicted molar refractivity (Wildman–Crippen MR) is 82.7 cm³/mol. The van der Waals surface area contributed by atoms with Crippen molar-refractivity contribution in [3.63, 3.8) is 0 Å². The fourth-order valence-corrected chi connectivity index (χ4v) is 2.47. The highest BCUT2D eigenvalue weighted by Crippen LogP contribution is 2.23. The zero-order valence-corrected chi connectivity index (χ0v) is 13.4. The maximum absolute atomic E-state index is 13.4. The van der Waals surface area contributed by atoms with E-state index in [1.807, 2.05) is 0 Å². The molecule has 0 atom stereocenters. The smallest absolute Gasteiger partial charge is 0.311 e. The van der Waals surface area contributed by atoms with E-state index in [1.54, 1.807) is 6.92 Å². The number of nitro groups is 1. The topological polar surface area (TPSA) is 81.3 Å². The van der Waals surface area contributed by atoms with Crippen LogP contribution in [0.5, 0.6) is 0 Å². The monoisotopic (exact) mass is 338 g/mol. The third kappa shape index (κ3) is 3.24. The van der Waals surface area contributed by atoms with Crippen LogP contribution in [0.3, 0.4) is 0 Å². The largest absolute Gasteiger partial charge is 0.312 e. The summed E-state index contributed by atoms with van der Waals surface area (Å²) in [5.41, 5.74) is 0.532. The van der Waals surface area contributed by atoms with Crippen LogP contribution in [0.25, 0.3) is 0 Å². The van der Waals surface area contributed by atoms with Gasteiger partial charge in [-0.25, -0.2) is 8.78 Å². The molecule has 2 aromatic rings. The summed E-state index contributed by atoms with van der Waals surface area (Å²) in [6.45, 7) is 4.65. The van der Waals surface area contributed by atoms with Gasteiger partial charge in [-0.2, -0.15) is 5.10 Å². The Morgan fingerprint density at radius 3 is 2.50 bits per heavy atom. The molecule has 0 fully saturated rings. The minimum absolute atomic E-state index is 0.140. The molecule has 1 aromatic heterocycles. The molecule has 0 N–H and O–H groups in total. The standard InChI is InChI=1S/C15H16F2N4O3/c1-4-19(11-5-6-12(16)13(17)7-11)14(22)8-20-10(3)15(21(23)24)9(2)18-20/h5-7H,4,8H2,1-3H3. The first-order valence-electron chi connectivity index (χ1n) is 7.20. The summed E-state index contributed by atoms with van der Waals surface area (Å²) in [5, 5.41) is 15.0. The molecule has 0 unspecified atom stereocenters. The number of likely N-dealkylation sites (N-methyl/N-ethyl adjacent to an activating group) is 1. The number of amides is 1. The quantitative estimate of drug-likeness (QED) is 0.620. The summed E-state index contributed by atoms with van der Waals surface area (Å²) >= 11 is 0. The van der Waals surface area contributed by atoms with Crippen molar-refractivity contribution in [2.24, 2.45) is 0 Å². The molecule has 1 amide bonds. The number of halogens is 2. The van der Waals surface area contributed by atoms with Crippen molar-refractivity contribution in [1.29, 1.82) is 0 Å². The second kappa shape index (κ2) is 6.73. The number of nitrogens with zero attached hydrogens (tertiary/aromatic N) is 4. The molecule has 24 heavy (non-hydrogen) atoms. The number of rotatable bonds is 5. The Bertz CT molecular complexity index is 804. The van der Waals surface area contributed by atoms with E-state index in [2.05, 4.69) is 5.10 Å². The lowest BCUT2D eigenvalue weighted by Crippen LogP contribution is -2.34. The van der Waals surface area contributed by atoms with Gasteiger partial charge < -0.3 is 4.90 Å². The lowest BCUT2D eigenvalue weighted by Gasteiger charge is -2.21. The fraction of sp³-hybridized carbons (Fsp3) is 0.333. The van der Waals surface area contributed by atoms with E-state index in [0.29, 0.717) is 0 Å². The van der Waals surface area contributed by atoms with E-state index < -0.39 is 22.5 Å². The van der Waals surface area contributed by atoms with Crippen molar-refractivity contribution in [2.45, 2.75) is 27.3 Å². The Labute approximate surface area is 136 Å². The van der Waals surface area contributed by atoms with Gasteiger partial charge in [-0.1, -0.05) is 0 Å². The van der Waals surface area contributed by atoms with E-state index in [9.17, 15) is 23.7 Å². The molecule has 128 valence electrons. The van der Waals surface area contributed by atoms with Gasteiger partial charge in [0, 0.05) is 18.3 Å². The van der Waals surface area contributed by atoms with Crippen molar-refractivity contribution in [3.8, 4) is 0 Å². The van der Waals surface area contributed by atoms with Gasteiger partial charge in [-0.15, -0.1) is 0 Å². The molecule has 0 spiro atoms. The van der Waals surface area contributed by atoms with E-state index in [1.165, 1.54) is 29.5 Å². The van der Waals surface area contributed by atoms with Gasteiger partial charge in [0.2, 0.25) is 5.91 Å². The second-order valence-electron chi connectivity index (χ2n) is 5.17. The van der Waals surface area contributed by atoms with Crippen LogP contribution in [0, 0.1) is 35.6 Å². The molecule has 1 aromatic carbocycles. The molecule has 1 heterocycles. The van der Waals surface area contributed by atoms with Crippen molar-refractivity contribution in [1.82, 2.24) is 9.78 Å². The molecule has 0 aliphatic rings. The van der Waals surface area contributed by atoms with Gasteiger partial charge in [0.15, 0.2) is 11.6 Å². The molecule has 0 aliphatic heterocycles. The molecule has 0 radical (unpaired) electrons. The van der Waals surface area contributed by atoms with E-state index in [-0.39, 0.29) is 35.9 Å². The first-order valence-corrected chi connectivity index (χ1v) is 7.20. The van der Waals surface area contributed by atoms with Gasteiger partial charge in [-0.3, -0.25) is 19.6 Å². The SMILES string of the molecule is CCN(C(=O)Cn1nc(C)c([N+](=O)[O-])c1C)c1ccc(F)c(F)c1. The van der Waals surface area contributed by atoms with Crippen LogP contribution in [-0.4, -0.2) is 27.2 Å². The summed E-state index contributed by atoms with van der Waals surface area (Å²) in [6, 6.07) is 3.17. The normalized spacial score (nSPS) is 10.7. The Kier molecular flexibility index (Phi) is 4.91. The highest BCUT2D eigenvalue weighted by atomic mass is 19.2. The number of hydrogen-bond acceptors (Lipinski definition) is 4. The summed E-state index contributed by atoms with van der Waals surface area (Å²) < 4.78 is 27.6. The molecule has 9 heteroatoms. The van der Waals surface area contributed by atoms with Crippen LogP contribution in [-0.2, 0) is 11.3 Å². The summed E-state index contributed by atoms with van der Waals surface area (Å²) in [6.07, 6.45) is 0. The van der Waals surface area contributed by atoms with Crippen LogP contribution in [0.1, 0.15) is 18.3 Å². The highest BCUT2D eigenvalue weighted by molar-refractivity contribution is 5.93. The van der Waals surface area contributed by atoms with Gasteiger partial charge in [0.25, 0.3) is 0 Å². The molecule has 0 saturated heterocycles. The van der Waals surface area contributed by atoms with Gasteiger partial charge in [-0.05, 0) is 32.9 Å². The highest BCUT2D eigenvalue weighted by Gasteiger charge is 2.24. The second-order valence-corrected chi connectivity index (χ2v) is 5.17. The van der Waals surface area contributed by atoms with E-state index in [4.69, 9.17) is 0 Å². The van der Waals surface area contributed by atoms with Crippen molar-refractivity contribution < 1.29 is 18.5 Å². The van der Waals surface area contributed by atoms with Gasteiger partial charge in [0.1, 0.15) is 17.9 Å². The number of carbonyl (C=O) groups excluding carboxylic acids is 1. The lowest BCUT2D eigenvalue weighted by atomic mass is 10.2. The Morgan fingerprint density at radius 1 is 1.33 bits per heavy atom. The predicted octanol–water partition coefficient (Wildman–Crippen LogP) is 2.74. The summed E-state index contributed by atoms with van der Waals surface area (Å²) in [7, 11) is 0. The first kappa shape index (κ1) is 17.5. The number of benzene rings is 1. The molecular formula is C15H16F2N4O3. The summed E-state index contributed by atoms with van der Waals surface area (Å²) in [5.74, 6) is -2.50. The molecule has 7 nitrogen and oxygen atoms in total. The average Bonchev–Trinajstić information content (AvgIpc) is 2.77. The van der Waals surface area contributed by atoms with Crippen LogP contribution in [0.2, 0.25) is 0 Å².